The Hall–Kier alpha value is -1.26. The zero-order valence-corrected chi connectivity index (χ0v) is 11.1. The predicted octanol–water partition coefficient (Wildman–Crippen LogP) is 4.08. The van der Waals surface area contributed by atoms with Crippen molar-refractivity contribution in [1.82, 2.24) is 4.98 Å². The molecule has 5 heteroatoms. The summed E-state index contributed by atoms with van der Waals surface area (Å²) >= 11 is 7.40. The van der Waals surface area contributed by atoms with Gasteiger partial charge in [-0.1, -0.05) is 11.6 Å². The molecule has 0 saturated carbocycles. The number of nitrogens with one attached hydrogen (secondary N) is 1. The number of halogens is 2. The van der Waals surface area contributed by atoms with Crippen molar-refractivity contribution in [3.63, 3.8) is 0 Å². The zero-order chi connectivity index (χ0) is 12.8. The summed E-state index contributed by atoms with van der Waals surface area (Å²) in [5.74, 6) is 0.659. The number of pyridine rings is 1. The largest absolute Gasteiger partial charge is 0.384 e. The van der Waals surface area contributed by atoms with Gasteiger partial charge in [-0.15, -0.1) is 11.8 Å². The molecule has 18 heavy (non-hydrogen) atoms. The highest BCUT2D eigenvalue weighted by molar-refractivity contribution is 7.99. The third-order valence-electron chi connectivity index (χ3n) is 2.23. The van der Waals surface area contributed by atoms with Crippen LogP contribution in [0.3, 0.4) is 0 Å². The fraction of sp³-hybridized carbons (Fsp3) is 0.154. The Morgan fingerprint density at radius 1 is 1.17 bits per heavy atom. The molecule has 0 aliphatic carbocycles. The summed E-state index contributed by atoms with van der Waals surface area (Å²) in [4.78, 5) is 4.19. The topological polar surface area (TPSA) is 24.9 Å². The van der Waals surface area contributed by atoms with Crippen molar-refractivity contribution in [2.45, 2.75) is 5.03 Å². The Kier molecular flexibility index (Phi) is 4.84. The third kappa shape index (κ3) is 4.20. The van der Waals surface area contributed by atoms with Crippen molar-refractivity contribution >= 4 is 29.1 Å². The normalized spacial score (nSPS) is 10.3. The Balaban J connectivity index is 1.73. The molecule has 0 fully saturated rings. The van der Waals surface area contributed by atoms with Crippen LogP contribution in [0.4, 0.5) is 10.1 Å². The fourth-order valence-electron chi connectivity index (χ4n) is 1.37. The maximum Gasteiger partial charge on any atom is 0.123 e. The van der Waals surface area contributed by atoms with Crippen LogP contribution in [0.2, 0.25) is 5.02 Å². The van der Waals surface area contributed by atoms with Gasteiger partial charge in [0.05, 0.1) is 10.0 Å². The molecule has 0 aliphatic heterocycles. The van der Waals surface area contributed by atoms with Gasteiger partial charge in [-0.3, -0.25) is 0 Å². The Morgan fingerprint density at radius 2 is 1.94 bits per heavy atom. The minimum absolute atomic E-state index is 0.222. The van der Waals surface area contributed by atoms with E-state index in [2.05, 4.69) is 10.3 Å². The first-order valence-electron chi connectivity index (χ1n) is 5.48. The van der Waals surface area contributed by atoms with Crippen molar-refractivity contribution in [2.75, 3.05) is 17.6 Å². The standard InChI is InChI=1S/C13H12ClFN2S/c14-10-1-6-13(17-9-10)18-8-7-16-12-4-2-11(15)3-5-12/h1-6,9,16H,7-8H2. The molecule has 1 aromatic carbocycles. The molecular formula is C13H12ClFN2S. The highest BCUT2D eigenvalue weighted by atomic mass is 35.5. The molecule has 1 N–H and O–H groups in total. The van der Waals surface area contributed by atoms with E-state index in [0.717, 1.165) is 23.0 Å². The second-order valence-electron chi connectivity index (χ2n) is 3.60. The van der Waals surface area contributed by atoms with Crippen LogP contribution in [0, 0.1) is 5.82 Å². The second kappa shape index (κ2) is 6.61. The number of aromatic nitrogens is 1. The molecule has 0 saturated heterocycles. The third-order valence-corrected chi connectivity index (χ3v) is 3.39. The molecule has 0 bridgehead atoms. The quantitative estimate of drug-likeness (QED) is 0.661. The van der Waals surface area contributed by atoms with Crippen LogP contribution >= 0.6 is 23.4 Å². The first kappa shape index (κ1) is 13.2. The van der Waals surface area contributed by atoms with Gasteiger partial charge in [0.15, 0.2) is 0 Å². The van der Waals surface area contributed by atoms with Crippen LogP contribution in [-0.4, -0.2) is 17.3 Å². The lowest BCUT2D eigenvalue weighted by atomic mass is 10.3. The van der Waals surface area contributed by atoms with Gasteiger partial charge >= 0.3 is 0 Å². The second-order valence-corrected chi connectivity index (χ2v) is 5.15. The number of rotatable bonds is 5. The van der Waals surface area contributed by atoms with Crippen molar-refractivity contribution in [3.05, 3.63) is 53.4 Å². The van der Waals surface area contributed by atoms with Crippen molar-refractivity contribution in [3.8, 4) is 0 Å². The van der Waals surface area contributed by atoms with Gasteiger partial charge < -0.3 is 5.32 Å². The van der Waals surface area contributed by atoms with Crippen LogP contribution < -0.4 is 5.32 Å². The molecule has 1 heterocycles. The van der Waals surface area contributed by atoms with Gasteiger partial charge in [0.25, 0.3) is 0 Å². The van der Waals surface area contributed by atoms with E-state index in [0.29, 0.717) is 5.02 Å². The average Bonchev–Trinajstić information content (AvgIpc) is 2.39. The Morgan fingerprint density at radius 3 is 2.61 bits per heavy atom. The SMILES string of the molecule is Fc1ccc(NCCSc2ccc(Cl)cn2)cc1. The lowest BCUT2D eigenvalue weighted by Gasteiger charge is -2.05. The van der Waals surface area contributed by atoms with Crippen LogP contribution in [0.25, 0.3) is 0 Å². The summed E-state index contributed by atoms with van der Waals surface area (Å²) in [6, 6.07) is 10.0. The summed E-state index contributed by atoms with van der Waals surface area (Å²) in [5.41, 5.74) is 0.918. The van der Waals surface area contributed by atoms with Gasteiger partial charge in [-0.25, -0.2) is 9.37 Å². The summed E-state index contributed by atoms with van der Waals surface area (Å²) in [6.07, 6.45) is 1.64. The maximum absolute atomic E-state index is 12.7. The Bertz CT molecular complexity index is 440. The summed E-state index contributed by atoms with van der Waals surface area (Å²) in [6.45, 7) is 0.792. The highest BCUT2D eigenvalue weighted by Crippen LogP contribution is 2.17. The Labute approximate surface area is 115 Å². The molecule has 94 valence electrons. The predicted molar refractivity (Wildman–Crippen MR) is 74.9 cm³/mol. The molecule has 0 aliphatic rings. The van der Waals surface area contributed by atoms with Gasteiger partial charge in [-0.2, -0.15) is 0 Å². The molecule has 0 unspecified atom stereocenters. The molecule has 0 spiro atoms. The monoisotopic (exact) mass is 282 g/mol. The minimum Gasteiger partial charge on any atom is -0.384 e. The summed E-state index contributed by atoms with van der Waals surface area (Å²) in [7, 11) is 0. The van der Waals surface area contributed by atoms with E-state index in [1.807, 2.05) is 12.1 Å². The van der Waals surface area contributed by atoms with Crippen molar-refractivity contribution < 1.29 is 4.39 Å². The van der Waals surface area contributed by atoms with E-state index < -0.39 is 0 Å². The number of anilines is 1. The number of thioether (sulfide) groups is 1. The molecule has 0 amide bonds. The van der Waals surface area contributed by atoms with Crippen molar-refractivity contribution in [1.29, 1.82) is 0 Å². The van der Waals surface area contributed by atoms with Crippen LogP contribution in [0.1, 0.15) is 0 Å². The van der Waals surface area contributed by atoms with E-state index >= 15 is 0 Å². The highest BCUT2D eigenvalue weighted by Gasteiger charge is 1.96. The van der Waals surface area contributed by atoms with Crippen LogP contribution in [0.5, 0.6) is 0 Å². The molecule has 0 radical (unpaired) electrons. The van der Waals surface area contributed by atoms with E-state index in [1.165, 1.54) is 12.1 Å². The first-order chi connectivity index (χ1) is 8.74. The smallest absolute Gasteiger partial charge is 0.123 e. The average molecular weight is 283 g/mol. The number of benzene rings is 1. The molecule has 1 aromatic heterocycles. The summed E-state index contributed by atoms with van der Waals surface area (Å²) < 4.78 is 12.7. The molecule has 2 nitrogen and oxygen atoms in total. The number of hydrogen-bond donors (Lipinski definition) is 1. The number of nitrogens with zero attached hydrogens (tertiary/aromatic N) is 1. The lowest BCUT2D eigenvalue weighted by Crippen LogP contribution is -2.03. The minimum atomic E-state index is -0.222. The first-order valence-corrected chi connectivity index (χ1v) is 6.84. The zero-order valence-electron chi connectivity index (χ0n) is 9.57. The molecule has 2 aromatic rings. The summed E-state index contributed by atoms with van der Waals surface area (Å²) in [5, 5.41) is 4.80. The van der Waals surface area contributed by atoms with Crippen LogP contribution in [0.15, 0.2) is 47.6 Å². The van der Waals surface area contributed by atoms with E-state index in [4.69, 9.17) is 11.6 Å². The van der Waals surface area contributed by atoms with Crippen LogP contribution in [-0.2, 0) is 0 Å². The van der Waals surface area contributed by atoms with E-state index in [-0.39, 0.29) is 5.82 Å². The number of hydrogen-bond acceptors (Lipinski definition) is 3. The van der Waals surface area contributed by atoms with E-state index in [9.17, 15) is 4.39 Å². The van der Waals surface area contributed by atoms with Gasteiger partial charge in [0.2, 0.25) is 0 Å². The molecule has 0 atom stereocenters. The van der Waals surface area contributed by atoms with E-state index in [1.54, 1.807) is 30.1 Å². The van der Waals surface area contributed by atoms with Gasteiger partial charge in [-0.05, 0) is 36.4 Å². The van der Waals surface area contributed by atoms with Crippen molar-refractivity contribution in [2.24, 2.45) is 0 Å². The fourth-order valence-corrected chi connectivity index (χ4v) is 2.18. The molecular weight excluding hydrogens is 271 g/mol. The van der Waals surface area contributed by atoms with Gasteiger partial charge in [0.1, 0.15) is 5.82 Å². The van der Waals surface area contributed by atoms with Gasteiger partial charge in [0, 0.05) is 24.2 Å². The lowest BCUT2D eigenvalue weighted by molar-refractivity contribution is 0.628. The molecule has 2 rings (SSSR count). The maximum atomic E-state index is 12.7.